The van der Waals surface area contributed by atoms with Crippen LogP contribution in [0.15, 0.2) is 29.1 Å². The molecule has 0 bridgehead atoms. The number of amides is 1. The Hall–Kier alpha value is -2.78. The highest BCUT2D eigenvalue weighted by Crippen LogP contribution is 2.30. The first kappa shape index (κ1) is 26.8. The fraction of sp³-hybridized carbons (Fsp3) is 0.409. The Bertz CT molecular complexity index is 1170. The molecule has 35 heavy (non-hydrogen) atoms. The molecule has 1 aliphatic heterocycles. The van der Waals surface area contributed by atoms with E-state index in [0.717, 1.165) is 0 Å². The first-order chi connectivity index (χ1) is 16.5. The molecule has 8 nitrogen and oxygen atoms in total. The van der Waals surface area contributed by atoms with Gasteiger partial charge in [0.05, 0.1) is 21.7 Å². The van der Waals surface area contributed by atoms with E-state index in [2.05, 4.69) is 5.32 Å². The largest absolute Gasteiger partial charge is 0.490 e. The minimum Gasteiger partial charge on any atom is -0.490 e. The maximum absolute atomic E-state index is 13.2. The van der Waals surface area contributed by atoms with Gasteiger partial charge in [0, 0.05) is 32.2 Å². The van der Waals surface area contributed by atoms with Crippen molar-refractivity contribution in [2.45, 2.75) is 31.2 Å². The van der Waals surface area contributed by atoms with Crippen LogP contribution in [0.4, 0.5) is 13.2 Å². The number of halogens is 5. The monoisotopic (exact) mass is 532 g/mol. The van der Waals surface area contributed by atoms with Crippen LogP contribution in [-0.4, -0.2) is 59.3 Å². The molecule has 2 aromatic rings. The van der Waals surface area contributed by atoms with Crippen molar-refractivity contribution in [2.75, 3.05) is 26.2 Å². The number of hydrogen-bond donors (Lipinski definition) is 3. The van der Waals surface area contributed by atoms with Gasteiger partial charge in [-0.25, -0.2) is 0 Å². The molecule has 0 spiro atoms. The van der Waals surface area contributed by atoms with Crippen molar-refractivity contribution in [3.63, 3.8) is 0 Å². The van der Waals surface area contributed by atoms with Gasteiger partial charge in [-0.2, -0.15) is 18.4 Å². The minimum atomic E-state index is -5.01. The third kappa shape index (κ3) is 7.11. The molecule has 188 valence electrons. The average Bonchev–Trinajstić information content (AvgIpc) is 2.80. The number of aromatic nitrogens is 1. The van der Waals surface area contributed by atoms with Crippen LogP contribution >= 0.6 is 23.2 Å². The summed E-state index contributed by atoms with van der Waals surface area (Å²) >= 11 is 11.9. The smallest absolute Gasteiger partial charge is 0.432 e. The van der Waals surface area contributed by atoms with Crippen LogP contribution < -0.4 is 15.6 Å². The van der Waals surface area contributed by atoms with Gasteiger partial charge in [-0.1, -0.05) is 23.2 Å². The summed E-state index contributed by atoms with van der Waals surface area (Å²) in [6.07, 6.45) is -4.79. The number of H-pyrrole nitrogens is 1. The number of benzene rings is 1. The number of rotatable bonds is 7. The van der Waals surface area contributed by atoms with Crippen molar-refractivity contribution >= 4 is 29.1 Å². The average molecular weight is 533 g/mol. The van der Waals surface area contributed by atoms with Crippen molar-refractivity contribution in [1.82, 2.24) is 15.2 Å². The molecule has 1 fully saturated rings. The van der Waals surface area contributed by atoms with E-state index in [-0.39, 0.29) is 19.2 Å². The molecule has 0 aliphatic carbocycles. The van der Waals surface area contributed by atoms with Crippen LogP contribution in [0.1, 0.15) is 34.5 Å². The third-order valence-corrected chi connectivity index (χ3v) is 6.12. The van der Waals surface area contributed by atoms with Crippen molar-refractivity contribution in [2.24, 2.45) is 0 Å². The predicted molar refractivity (Wildman–Crippen MR) is 122 cm³/mol. The van der Waals surface area contributed by atoms with Gasteiger partial charge in [-0.05, 0) is 31.0 Å². The molecular formula is C22H21Cl2F3N4O4. The molecule has 13 heteroatoms. The summed E-state index contributed by atoms with van der Waals surface area (Å²) in [7, 11) is 0. The van der Waals surface area contributed by atoms with Gasteiger partial charge < -0.3 is 25.0 Å². The normalized spacial score (nSPS) is 15.9. The van der Waals surface area contributed by atoms with Crippen LogP contribution in [0, 0.1) is 11.3 Å². The number of pyridine rings is 1. The Kier molecular flexibility index (Phi) is 8.66. The molecule has 2 heterocycles. The first-order valence-electron chi connectivity index (χ1n) is 10.5. The number of aromatic amines is 1. The molecule has 0 radical (unpaired) electrons. The number of ether oxygens (including phenoxy) is 1. The molecule has 3 rings (SSSR count). The Morgan fingerprint density at radius 1 is 1.29 bits per heavy atom. The molecule has 1 saturated heterocycles. The maximum atomic E-state index is 13.2. The van der Waals surface area contributed by atoms with Gasteiger partial charge >= 0.3 is 6.18 Å². The number of carbonyl (C=O) groups is 1. The summed E-state index contributed by atoms with van der Waals surface area (Å²) in [5.41, 5.74) is -4.34. The lowest BCUT2D eigenvalue weighted by Crippen LogP contribution is -2.45. The van der Waals surface area contributed by atoms with Crippen molar-refractivity contribution < 1.29 is 27.8 Å². The highest BCUT2D eigenvalue weighted by atomic mass is 35.5. The van der Waals surface area contributed by atoms with E-state index in [1.807, 2.05) is 4.90 Å². The number of likely N-dealkylation sites (tertiary alicyclic amines) is 1. The Labute approximate surface area is 208 Å². The van der Waals surface area contributed by atoms with Gasteiger partial charge in [0.2, 0.25) is 0 Å². The molecule has 1 atom stereocenters. The Balaban J connectivity index is 1.51. The molecule has 1 aromatic heterocycles. The number of hydrogen-bond acceptors (Lipinski definition) is 6. The van der Waals surface area contributed by atoms with E-state index in [1.54, 1.807) is 18.2 Å². The fourth-order valence-corrected chi connectivity index (χ4v) is 3.92. The lowest BCUT2D eigenvalue weighted by Gasteiger charge is -2.33. The summed E-state index contributed by atoms with van der Waals surface area (Å²) < 4.78 is 45.6. The minimum absolute atomic E-state index is 0.0595. The molecule has 3 N–H and O–H groups in total. The number of aliphatic hydroxyl groups is 1. The first-order valence-corrected chi connectivity index (χ1v) is 11.3. The van der Waals surface area contributed by atoms with Gasteiger partial charge in [-0.15, -0.1) is 0 Å². The molecule has 1 unspecified atom stereocenters. The fourth-order valence-electron chi connectivity index (χ4n) is 3.64. The zero-order chi connectivity index (χ0) is 25.8. The third-order valence-electron chi connectivity index (χ3n) is 5.39. The summed E-state index contributed by atoms with van der Waals surface area (Å²) in [6, 6.07) is 7.03. The summed E-state index contributed by atoms with van der Waals surface area (Å²) in [4.78, 5) is 27.4. The topological polar surface area (TPSA) is 118 Å². The van der Waals surface area contributed by atoms with Crippen molar-refractivity contribution in [3.8, 4) is 11.8 Å². The van der Waals surface area contributed by atoms with E-state index >= 15 is 0 Å². The number of β-amino-alcohol motifs (C(OH)–C–C–N with tert-alkyl or cyclic N) is 1. The number of piperidine rings is 1. The van der Waals surface area contributed by atoms with E-state index in [1.165, 1.54) is 11.1 Å². The molecular weight excluding hydrogens is 512 g/mol. The van der Waals surface area contributed by atoms with Crippen molar-refractivity contribution in [3.05, 3.63) is 61.5 Å². The molecule has 1 aliphatic rings. The van der Waals surface area contributed by atoms with Crippen LogP contribution in [0.2, 0.25) is 10.0 Å². The van der Waals surface area contributed by atoms with Gasteiger partial charge in [-0.3, -0.25) is 9.59 Å². The summed E-state index contributed by atoms with van der Waals surface area (Å²) in [5.74, 6) is -0.571. The zero-order valence-electron chi connectivity index (χ0n) is 18.2. The summed E-state index contributed by atoms with van der Waals surface area (Å²) in [6.45, 7) is 1.05. The molecule has 1 amide bonds. The highest BCUT2D eigenvalue weighted by Gasteiger charge is 2.37. The maximum Gasteiger partial charge on any atom is 0.432 e. The number of nitrogens with zero attached hydrogens (tertiary/aromatic N) is 2. The Morgan fingerprint density at radius 3 is 2.57 bits per heavy atom. The molecule has 0 saturated carbocycles. The van der Waals surface area contributed by atoms with E-state index < -0.39 is 40.6 Å². The highest BCUT2D eigenvalue weighted by molar-refractivity contribution is 6.42. The van der Waals surface area contributed by atoms with Gasteiger partial charge in [0.25, 0.3) is 11.5 Å². The van der Waals surface area contributed by atoms with Gasteiger partial charge in [0.15, 0.2) is 0 Å². The zero-order valence-corrected chi connectivity index (χ0v) is 19.7. The van der Waals surface area contributed by atoms with Crippen molar-refractivity contribution in [1.29, 1.82) is 5.26 Å². The van der Waals surface area contributed by atoms with Crippen LogP contribution in [0.3, 0.4) is 0 Å². The summed E-state index contributed by atoms with van der Waals surface area (Å²) in [5, 5.41) is 22.2. The SMILES string of the molecule is N#Cc1cc(C(=O)NCC(O)CN2CCC(Oc3ccc(Cl)c(Cl)c3)CC2)c(C(F)(F)F)[nH]c1=O. The van der Waals surface area contributed by atoms with E-state index in [9.17, 15) is 27.9 Å². The predicted octanol–water partition coefficient (Wildman–Crippen LogP) is 3.21. The van der Waals surface area contributed by atoms with E-state index in [4.69, 9.17) is 33.2 Å². The quantitative estimate of drug-likeness (QED) is 0.503. The standard InChI is InChI=1S/C22H21Cl2F3N4O4/c23-17-2-1-15(8-18(17)24)35-14-3-5-31(6-4-14)11-13(32)10-29-21(34)16-7-12(9-28)20(33)30-19(16)22(25,26)27/h1-2,7-8,13-14,32H,3-6,10-11H2,(H,29,34)(H,30,33). The number of alkyl halides is 3. The van der Waals surface area contributed by atoms with Gasteiger partial charge in [0.1, 0.15) is 29.2 Å². The number of nitrogens with one attached hydrogen (secondary N) is 2. The second-order valence-electron chi connectivity index (χ2n) is 7.97. The second-order valence-corrected chi connectivity index (χ2v) is 8.78. The number of nitriles is 1. The number of carbonyl (C=O) groups excluding carboxylic acids is 1. The molecule has 1 aromatic carbocycles. The Morgan fingerprint density at radius 2 is 1.97 bits per heavy atom. The van der Waals surface area contributed by atoms with E-state index in [0.29, 0.717) is 47.8 Å². The number of aliphatic hydroxyl groups excluding tert-OH is 1. The van der Waals surface area contributed by atoms with Crippen LogP contribution in [0.25, 0.3) is 0 Å². The lowest BCUT2D eigenvalue weighted by molar-refractivity contribution is -0.141. The second kappa shape index (κ2) is 11.3. The lowest BCUT2D eigenvalue weighted by atomic mass is 10.1. The van der Waals surface area contributed by atoms with Crippen LogP contribution in [-0.2, 0) is 6.18 Å². The van der Waals surface area contributed by atoms with Crippen LogP contribution in [0.5, 0.6) is 5.75 Å².